The molecular formula is C18H24N4O2. The summed E-state index contributed by atoms with van der Waals surface area (Å²) in [6.45, 7) is 5.28. The number of esters is 1. The van der Waals surface area contributed by atoms with Gasteiger partial charge in [0.25, 0.3) is 0 Å². The maximum absolute atomic E-state index is 11.6. The number of hydrogen-bond donors (Lipinski definition) is 1. The van der Waals surface area contributed by atoms with Gasteiger partial charge in [-0.05, 0) is 43.7 Å². The molecule has 1 N–H and O–H groups in total. The number of benzene rings is 1. The van der Waals surface area contributed by atoms with Crippen LogP contribution in [-0.2, 0) is 4.74 Å². The van der Waals surface area contributed by atoms with Gasteiger partial charge in [-0.2, -0.15) is 4.98 Å². The number of hydrogen-bond acceptors (Lipinski definition) is 6. The largest absolute Gasteiger partial charge is 0.462 e. The molecule has 1 aromatic heterocycles. The highest BCUT2D eigenvalue weighted by Gasteiger charge is 2.07. The molecule has 0 unspecified atom stereocenters. The first-order valence-electron chi connectivity index (χ1n) is 8.22. The van der Waals surface area contributed by atoms with Crippen LogP contribution in [0.4, 0.5) is 17.5 Å². The molecule has 0 aliphatic rings. The Labute approximate surface area is 142 Å². The molecule has 0 bridgehead atoms. The third kappa shape index (κ3) is 4.94. The standard InChI is InChI=1S/C18H24N4O2/c1-4-6-13-22(3)16-11-12-19-18(21-16)20-15-9-7-14(8-10-15)17(23)24-5-2/h7-12H,4-6,13H2,1-3H3,(H,19,20,21). The van der Waals surface area contributed by atoms with Gasteiger partial charge >= 0.3 is 5.97 Å². The Bertz CT molecular complexity index is 658. The van der Waals surface area contributed by atoms with Gasteiger partial charge in [-0.15, -0.1) is 0 Å². The molecule has 2 aromatic rings. The minimum absolute atomic E-state index is 0.320. The van der Waals surface area contributed by atoms with Crippen LogP contribution in [0.2, 0.25) is 0 Å². The van der Waals surface area contributed by atoms with E-state index < -0.39 is 0 Å². The van der Waals surface area contributed by atoms with Gasteiger partial charge in [-0.25, -0.2) is 9.78 Å². The van der Waals surface area contributed by atoms with Crippen molar-refractivity contribution in [3.05, 3.63) is 42.1 Å². The number of nitrogens with zero attached hydrogens (tertiary/aromatic N) is 3. The highest BCUT2D eigenvalue weighted by molar-refractivity contribution is 5.89. The fourth-order valence-electron chi connectivity index (χ4n) is 2.17. The monoisotopic (exact) mass is 328 g/mol. The number of nitrogens with one attached hydrogen (secondary N) is 1. The van der Waals surface area contributed by atoms with Crippen LogP contribution >= 0.6 is 0 Å². The molecule has 6 nitrogen and oxygen atoms in total. The van der Waals surface area contributed by atoms with Gasteiger partial charge in [0.1, 0.15) is 5.82 Å². The van der Waals surface area contributed by atoms with E-state index in [2.05, 4.69) is 27.1 Å². The van der Waals surface area contributed by atoms with Crippen LogP contribution in [-0.4, -0.2) is 36.1 Å². The topological polar surface area (TPSA) is 67.4 Å². The van der Waals surface area contributed by atoms with Gasteiger partial charge in [0, 0.05) is 25.5 Å². The summed E-state index contributed by atoms with van der Waals surface area (Å²) in [5.41, 5.74) is 1.34. The van der Waals surface area contributed by atoms with Crippen LogP contribution in [0.5, 0.6) is 0 Å². The molecule has 0 fully saturated rings. The van der Waals surface area contributed by atoms with E-state index in [0.717, 1.165) is 30.9 Å². The van der Waals surface area contributed by atoms with Crippen LogP contribution in [0.25, 0.3) is 0 Å². The van der Waals surface area contributed by atoms with E-state index in [4.69, 9.17) is 4.74 Å². The molecular weight excluding hydrogens is 304 g/mol. The molecule has 24 heavy (non-hydrogen) atoms. The highest BCUT2D eigenvalue weighted by Crippen LogP contribution is 2.17. The predicted molar refractivity (Wildman–Crippen MR) is 95.9 cm³/mol. The van der Waals surface area contributed by atoms with Crippen molar-refractivity contribution in [2.24, 2.45) is 0 Å². The molecule has 0 aliphatic heterocycles. The zero-order valence-corrected chi connectivity index (χ0v) is 14.5. The predicted octanol–water partition coefficient (Wildman–Crippen LogP) is 3.63. The van der Waals surface area contributed by atoms with E-state index >= 15 is 0 Å². The lowest BCUT2D eigenvalue weighted by Gasteiger charge is -2.18. The van der Waals surface area contributed by atoms with Crippen LogP contribution in [0.1, 0.15) is 37.0 Å². The normalized spacial score (nSPS) is 10.3. The molecule has 2 rings (SSSR count). The Morgan fingerprint density at radius 2 is 1.96 bits per heavy atom. The zero-order chi connectivity index (χ0) is 17.4. The van der Waals surface area contributed by atoms with Gasteiger partial charge in [-0.3, -0.25) is 0 Å². The first-order chi connectivity index (χ1) is 11.6. The average Bonchev–Trinajstić information content (AvgIpc) is 2.60. The van der Waals surface area contributed by atoms with Gasteiger partial charge < -0.3 is 15.0 Å². The van der Waals surface area contributed by atoms with E-state index in [1.165, 1.54) is 0 Å². The zero-order valence-electron chi connectivity index (χ0n) is 14.5. The minimum atomic E-state index is -0.320. The Balaban J connectivity index is 2.04. The van der Waals surface area contributed by atoms with Gasteiger partial charge in [0.05, 0.1) is 12.2 Å². The third-order valence-electron chi connectivity index (χ3n) is 3.53. The number of unbranched alkanes of at least 4 members (excludes halogenated alkanes) is 1. The Morgan fingerprint density at radius 3 is 2.62 bits per heavy atom. The molecule has 1 heterocycles. The van der Waals surface area contributed by atoms with Gasteiger partial charge in [-0.1, -0.05) is 13.3 Å². The molecule has 0 amide bonds. The maximum atomic E-state index is 11.6. The van der Waals surface area contributed by atoms with Crippen molar-refractivity contribution < 1.29 is 9.53 Å². The summed E-state index contributed by atoms with van der Waals surface area (Å²) in [6.07, 6.45) is 4.01. The Kier molecular flexibility index (Phi) is 6.54. The number of aromatic nitrogens is 2. The Morgan fingerprint density at radius 1 is 1.21 bits per heavy atom. The van der Waals surface area contributed by atoms with Crippen molar-refractivity contribution in [2.75, 3.05) is 30.4 Å². The molecule has 128 valence electrons. The summed E-state index contributed by atoms with van der Waals surface area (Å²) in [5, 5.41) is 3.15. The fraction of sp³-hybridized carbons (Fsp3) is 0.389. The van der Waals surface area contributed by atoms with Crippen molar-refractivity contribution in [3.8, 4) is 0 Å². The third-order valence-corrected chi connectivity index (χ3v) is 3.53. The lowest BCUT2D eigenvalue weighted by molar-refractivity contribution is 0.0526. The minimum Gasteiger partial charge on any atom is -0.462 e. The first kappa shape index (κ1) is 17.7. The van der Waals surface area contributed by atoms with Gasteiger partial charge in [0.2, 0.25) is 5.95 Å². The highest BCUT2D eigenvalue weighted by atomic mass is 16.5. The van der Waals surface area contributed by atoms with Crippen LogP contribution < -0.4 is 10.2 Å². The maximum Gasteiger partial charge on any atom is 0.338 e. The van der Waals surface area contributed by atoms with Crippen molar-refractivity contribution in [2.45, 2.75) is 26.7 Å². The summed E-state index contributed by atoms with van der Waals surface area (Å²) in [4.78, 5) is 22.5. The van der Waals surface area contributed by atoms with E-state index in [0.29, 0.717) is 18.1 Å². The smallest absolute Gasteiger partial charge is 0.338 e. The Hall–Kier alpha value is -2.63. The number of carbonyl (C=O) groups is 1. The number of ether oxygens (including phenoxy) is 1. The molecule has 6 heteroatoms. The lowest BCUT2D eigenvalue weighted by Crippen LogP contribution is -2.19. The second kappa shape index (κ2) is 8.86. The quantitative estimate of drug-likeness (QED) is 0.746. The number of rotatable bonds is 8. The summed E-state index contributed by atoms with van der Waals surface area (Å²) >= 11 is 0. The lowest BCUT2D eigenvalue weighted by atomic mass is 10.2. The molecule has 0 radical (unpaired) electrons. The van der Waals surface area contributed by atoms with Crippen LogP contribution in [0.15, 0.2) is 36.5 Å². The van der Waals surface area contributed by atoms with E-state index in [-0.39, 0.29) is 5.97 Å². The fourth-order valence-corrected chi connectivity index (χ4v) is 2.17. The van der Waals surface area contributed by atoms with E-state index in [1.54, 1.807) is 25.3 Å². The average molecular weight is 328 g/mol. The summed E-state index contributed by atoms with van der Waals surface area (Å²) in [5.74, 6) is 1.09. The van der Waals surface area contributed by atoms with Crippen LogP contribution in [0.3, 0.4) is 0 Å². The second-order valence-corrected chi connectivity index (χ2v) is 5.44. The van der Waals surface area contributed by atoms with Crippen molar-refractivity contribution >= 4 is 23.4 Å². The molecule has 0 saturated carbocycles. The van der Waals surface area contributed by atoms with E-state index in [1.807, 2.05) is 25.2 Å². The SMILES string of the molecule is CCCCN(C)c1ccnc(Nc2ccc(C(=O)OCC)cc2)n1. The summed E-state index contributed by atoms with van der Waals surface area (Å²) in [7, 11) is 2.02. The molecule has 0 spiro atoms. The molecule has 0 atom stereocenters. The van der Waals surface area contributed by atoms with Crippen LogP contribution in [0, 0.1) is 0 Å². The number of anilines is 3. The van der Waals surface area contributed by atoms with Crippen molar-refractivity contribution in [3.63, 3.8) is 0 Å². The van der Waals surface area contributed by atoms with E-state index in [9.17, 15) is 4.79 Å². The van der Waals surface area contributed by atoms with Gasteiger partial charge in [0.15, 0.2) is 0 Å². The van der Waals surface area contributed by atoms with Crippen molar-refractivity contribution in [1.82, 2.24) is 9.97 Å². The summed E-state index contributed by atoms with van der Waals surface area (Å²) in [6, 6.07) is 8.95. The molecule has 0 saturated heterocycles. The first-order valence-corrected chi connectivity index (χ1v) is 8.22. The second-order valence-electron chi connectivity index (χ2n) is 5.44. The molecule has 1 aromatic carbocycles. The number of carbonyl (C=O) groups excluding carboxylic acids is 1. The molecule has 0 aliphatic carbocycles. The van der Waals surface area contributed by atoms with Crippen molar-refractivity contribution in [1.29, 1.82) is 0 Å². The summed E-state index contributed by atoms with van der Waals surface area (Å²) < 4.78 is 4.97.